The molecule has 0 aliphatic carbocycles. The van der Waals surface area contributed by atoms with Crippen LogP contribution in [0.2, 0.25) is 0 Å². The average molecular weight is 500 g/mol. The standard InChI is InChI=1S/C16H24N2O.C14H13N3O/c1-14-6-8-15(9-7-14)16(19)17-10-5-13-18-11-3-2-4-12-18;1-10-2-5-14(18)17(16-10)9-11-3-4-12-7-15-8-13(12)6-11/h6-9H,2-5,10-13H2,1H3,(H,17,19);2-6,8H,7,9H2,1H3. The smallest absolute Gasteiger partial charge is 0.267 e. The summed E-state index contributed by atoms with van der Waals surface area (Å²) in [4.78, 5) is 30.3. The Hall–Kier alpha value is -3.58. The lowest BCUT2D eigenvalue weighted by atomic mass is 10.1. The summed E-state index contributed by atoms with van der Waals surface area (Å²) in [6.45, 7) is 9.50. The van der Waals surface area contributed by atoms with Gasteiger partial charge in [0, 0.05) is 24.4 Å². The fraction of sp³-hybridized carbons (Fsp3) is 0.400. The number of hydrogen-bond acceptors (Lipinski definition) is 5. The highest BCUT2D eigenvalue weighted by Crippen LogP contribution is 2.16. The van der Waals surface area contributed by atoms with Crippen molar-refractivity contribution in [2.45, 2.75) is 52.6 Å². The first-order chi connectivity index (χ1) is 18.0. The van der Waals surface area contributed by atoms with Crippen LogP contribution in [0.1, 0.15) is 64.0 Å². The van der Waals surface area contributed by atoms with E-state index in [0.29, 0.717) is 6.54 Å². The van der Waals surface area contributed by atoms with Gasteiger partial charge in [0.15, 0.2) is 0 Å². The monoisotopic (exact) mass is 499 g/mol. The van der Waals surface area contributed by atoms with Crippen molar-refractivity contribution in [3.63, 3.8) is 0 Å². The number of aliphatic imine (C=N–C) groups is 1. The topological polar surface area (TPSA) is 79.6 Å². The molecule has 0 spiro atoms. The summed E-state index contributed by atoms with van der Waals surface area (Å²) in [5.74, 6) is 0.0404. The summed E-state index contributed by atoms with van der Waals surface area (Å²) in [6, 6.07) is 17.2. The van der Waals surface area contributed by atoms with Gasteiger partial charge >= 0.3 is 0 Å². The first-order valence-corrected chi connectivity index (χ1v) is 13.2. The molecule has 7 heteroatoms. The summed E-state index contributed by atoms with van der Waals surface area (Å²) >= 11 is 0. The molecule has 1 N–H and O–H groups in total. The van der Waals surface area contributed by atoms with E-state index in [0.717, 1.165) is 48.4 Å². The highest BCUT2D eigenvalue weighted by atomic mass is 16.1. The average Bonchev–Trinajstić information content (AvgIpc) is 3.38. The molecular weight excluding hydrogens is 462 g/mol. The Morgan fingerprint density at radius 3 is 2.54 bits per heavy atom. The molecule has 37 heavy (non-hydrogen) atoms. The summed E-state index contributed by atoms with van der Waals surface area (Å²) in [6.07, 6.45) is 6.95. The molecule has 0 unspecified atom stereocenters. The Labute approximate surface area is 219 Å². The van der Waals surface area contributed by atoms with Crippen LogP contribution in [0.15, 0.2) is 64.4 Å². The summed E-state index contributed by atoms with van der Waals surface area (Å²) in [5, 5.41) is 7.22. The van der Waals surface area contributed by atoms with Crippen LogP contribution in [0.4, 0.5) is 0 Å². The third-order valence-electron chi connectivity index (χ3n) is 6.73. The number of hydrogen-bond donors (Lipinski definition) is 1. The third-order valence-corrected chi connectivity index (χ3v) is 6.73. The van der Waals surface area contributed by atoms with Gasteiger partial charge in [-0.05, 0) is 93.7 Å². The molecule has 2 aromatic carbocycles. The normalized spacial score (nSPS) is 14.5. The van der Waals surface area contributed by atoms with E-state index in [-0.39, 0.29) is 11.5 Å². The molecular formula is C30H37N5O2. The molecule has 2 aliphatic rings. The Balaban J connectivity index is 0.000000173. The van der Waals surface area contributed by atoms with E-state index in [1.165, 1.54) is 48.2 Å². The number of rotatable bonds is 7. The van der Waals surface area contributed by atoms with Crippen LogP contribution in [0.5, 0.6) is 0 Å². The SMILES string of the molecule is Cc1ccc(=O)n(Cc2ccc3c(c2)C=NC3)n1.Cc1ccc(C(=O)NCCCN2CCCCC2)cc1. The molecule has 0 saturated carbocycles. The largest absolute Gasteiger partial charge is 0.352 e. The Morgan fingerprint density at radius 1 is 0.973 bits per heavy atom. The van der Waals surface area contributed by atoms with Crippen molar-refractivity contribution in [3.8, 4) is 0 Å². The first-order valence-electron chi connectivity index (χ1n) is 13.2. The number of benzene rings is 2. The molecule has 2 aliphatic heterocycles. The lowest BCUT2D eigenvalue weighted by Crippen LogP contribution is -2.33. The number of likely N-dealkylation sites (tertiary alicyclic amines) is 1. The fourth-order valence-electron chi connectivity index (χ4n) is 4.58. The van der Waals surface area contributed by atoms with Gasteiger partial charge in [-0.25, -0.2) is 4.68 Å². The van der Waals surface area contributed by atoms with Crippen LogP contribution in [0.25, 0.3) is 0 Å². The van der Waals surface area contributed by atoms with Crippen LogP contribution < -0.4 is 10.9 Å². The number of nitrogens with zero attached hydrogens (tertiary/aromatic N) is 4. The van der Waals surface area contributed by atoms with Gasteiger partial charge in [0.05, 0.1) is 18.8 Å². The lowest BCUT2D eigenvalue weighted by molar-refractivity contribution is 0.0951. The van der Waals surface area contributed by atoms with Crippen LogP contribution in [-0.4, -0.2) is 53.0 Å². The van der Waals surface area contributed by atoms with Crippen molar-refractivity contribution < 1.29 is 4.79 Å². The molecule has 3 aromatic rings. The summed E-state index contributed by atoms with van der Waals surface area (Å²) in [7, 11) is 0. The minimum Gasteiger partial charge on any atom is -0.352 e. The molecule has 1 fully saturated rings. The minimum atomic E-state index is -0.0743. The minimum absolute atomic E-state index is 0.0404. The summed E-state index contributed by atoms with van der Waals surface area (Å²) < 4.78 is 1.49. The Bertz CT molecular complexity index is 1270. The summed E-state index contributed by atoms with van der Waals surface area (Å²) in [5.41, 5.74) is 6.16. The van der Waals surface area contributed by atoms with E-state index in [2.05, 4.69) is 32.4 Å². The van der Waals surface area contributed by atoms with Crippen LogP contribution in [0.3, 0.4) is 0 Å². The van der Waals surface area contributed by atoms with Gasteiger partial charge in [-0.3, -0.25) is 14.6 Å². The van der Waals surface area contributed by atoms with Crippen molar-refractivity contribution in [2.75, 3.05) is 26.2 Å². The van der Waals surface area contributed by atoms with Crippen LogP contribution in [-0.2, 0) is 13.1 Å². The zero-order valence-electron chi connectivity index (χ0n) is 21.9. The molecule has 0 bridgehead atoms. The second-order valence-electron chi connectivity index (χ2n) is 9.85. The molecule has 194 valence electrons. The van der Waals surface area contributed by atoms with Crippen molar-refractivity contribution >= 4 is 12.1 Å². The molecule has 1 saturated heterocycles. The zero-order valence-corrected chi connectivity index (χ0v) is 21.9. The van der Waals surface area contributed by atoms with Gasteiger partial charge in [-0.2, -0.15) is 5.10 Å². The number of carbonyl (C=O) groups excluding carboxylic acids is 1. The van der Waals surface area contributed by atoms with E-state index in [4.69, 9.17) is 0 Å². The molecule has 1 aromatic heterocycles. The van der Waals surface area contributed by atoms with Gasteiger partial charge in [0.2, 0.25) is 0 Å². The fourth-order valence-corrected chi connectivity index (χ4v) is 4.58. The van der Waals surface area contributed by atoms with Gasteiger partial charge in [-0.15, -0.1) is 0 Å². The van der Waals surface area contributed by atoms with E-state index in [1.807, 2.05) is 50.4 Å². The predicted octanol–water partition coefficient (Wildman–Crippen LogP) is 4.13. The predicted molar refractivity (Wildman–Crippen MR) is 148 cm³/mol. The maximum atomic E-state index is 11.9. The maximum absolute atomic E-state index is 11.9. The van der Waals surface area contributed by atoms with Crippen LogP contribution >= 0.6 is 0 Å². The highest BCUT2D eigenvalue weighted by molar-refractivity contribution is 5.94. The second-order valence-corrected chi connectivity index (χ2v) is 9.85. The Morgan fingerprint density at radius 2 is 1.76 bits per heavy atom. The Kier molecular flexibility index (Phi) is 9.38. The number of fused-ring (bicyclic) bond motifs is 1. The van der Waals surface area contributed by atoms with E-state index in [9.17, 15) is 9.59 Å². The molecule has 0 radical (unpaired) electrons. The first kappa shape index (κ1) is 26.5. The maximum Gasteiger partial charge on any atom is 0.267 e. The molecule has 1 amide bonds. The number of nitrogens with one attached hydrogen (secondary N) is 1. The van der Waals surface area contributed by atoms with Gasteiger partial charge < -0.3 is 10.2 Å². The van der Waals surface area contributed by atoms with Gasteiger partial charge in [0.25, 0.3) is 11.5 Å². The van der Waals surface area contributed by atoms with Crippen molar-refractivity contribution in [2.24, 2.45) is 4.99 Å². The molecule has 7 nitrogen and oxygen atoms in total. The molecule has 3 heterocycles. The van der Waals surface area contributed by atoms with Gasteiger partial charge in [0.1, 0.15) is 0 Å². The van der Waals surface area contributed by atoms with E-state index in [1.54, 1.807) is 12.1 Å². The molecule has 5 rings (SSSR count). The number of carbonyl (C=O) groups is 1. The lowest BCUT2D eigenvalue weighted by Gasteiger charge is -2.26. The highest BCUT2D eigenvalue weighted by Gasteiger charge is 2.10. The van der Waals surface area contributed by atoms with Crippen molar-refractivity contribution in [1.29, 1.82) is 0 Å². The van der Waals surface area contributed by atoms with Gasteiger partial charge in [-0.1, -0.05) is 36.2 Å². The second kappa shape index (κ2) is 13.1. The van der Waals surface area contributed by atoms with Crippen molar-refractivity contribution in [3.05, 3.63) is 98.5 Å². The molecule has 0 atom stereocenters. The third kappa shape index (κ3) is 7.95. The van der Waals surface area contributed by atoms with E-state index < -0.39 is 0 Å². The quantitative estimate of drug-likeness (QED) is 0.496. The van der Waals surface area contributed by atoms with E-state index >= 15 is 0 Å². The number of aryl methyl sites for hydroxylation is 2. The zero-order chi connectivity index (χ0) is 26.0. The number of aromatic nitrogens is 2. The number of piperidine rings is 1. The van der Waals surface area contributed by atoms with Crippen molar-refractivity contribution in [1.82, 2.24) is 20.0 Å². The number of amides is 1. The van der Waals surface area contributed by atoms with Crippen LogP contribution in [0, 0.1) is 13.8 Å².